The van der Waals surface area contributed by atoms with Crippen LogP contribution in [0.3, 0.4) is 0 Å². The second-order valence-corrected chi connectivity index (χ2v) is 10.4. The Morgan fingerprint density at radius 2 is 2.13 bits per heavy atom. The Morgan fingerprint density at radius 3 is 2.80 bits per heavy atom. The molecule has 30 heavy (non-hydrogen) atoms. The molecule has 1 fully saturated rings. The van der Waals surface area contributed by atoms with Crippen molar-refractivity contribution in [2.24, 2.45) is 0 Å². The first-order valence-corrected chi connectivity index (χ1v) is 12.4. The Bertz CT molecular complexity index is 1010. The van der Waals surface area contributed by atoms with E-state index in [2.05, 4.69) is 20.7 Å². The van der Waals surface area contributed by atoms with Gasteiger partial charge in [0.05, 0.1) is 12.4 Å². The van der Waals surface area contributed by atoms with Gasteiger partial charge in [0.2, 0.25) is 21.1 Å². The molecule has 1 N–H and O–H groups in total. The largest absolute Gasteiger partial charge is 0.465 e. The lowest BCUT2D eigenvalue weighted by Gasteiger charge is -2.22. The number of hydrogen-bond acceptors (Lipinski definition) is 11. The Hall–Kier alpha value is -2.03. The smallest absolute Gasteiger partial charge is 0.316 e. The number of anilines is 1. The summed E-state index contributed by atoms with van der Waals surface area (Å²) in [5.41, 5.74) is 0.256. The minimum atomic E-state index is -3.93. The number of carbonyl (C=O) groups is 2. The number of sulfonamides is 1. The lowest BCUT2D eigenvalue weighted by atomic mass is 10.2. The predicted octanol–water partition coefficient (Wildman–Crippen LogP) is 1.59. The van der Waals surface area contributed by atoms with Crippen LogP contribution in [0.1, 0.15) is 31.2 Å². The summed E-state index contributed by atoms with van der Waals surface area (Å²) in [7, 11) is -3.93. The third-order valence-electron chi connectivity index (χ3n) is 4.30. The number of carbonyl (C=O) groups excluding carboxylic acids is 2. The van der Waals surface area contributed by atoms with Crippen LogP contribution < -0.4 is 5.32 Å². The second-order valence-electron chi connectivity index (χ2n) is 6.38. The zero-order valence-corrected chi connectivity index (χ0v) is 19.0. The van der Waals surface area contributed by atoms with Gasteiger partial charge in [-0.05, 0) is 33.6 Å². The van der Waals surface area contributed by atoms with Crippen LogP contribution in [0.25, 0.3) is 0 Å². The van der Waals surface area contributed by atoms with Gasteiger partial charge in [0, 0.05) is 6.54 Å². The highest BCUT2D eigenvalue weighted by Gasteiger charge is 2.42. The summed E-state index contributed by atoms with van der Waals surface area (Å²) < 4.78 is 37.7. The molecule has 1 unspecified atom stereocenters. The van der Waals surface area contributed by atoms with Crippen LogP contribution in [0.4, 0.5) is 5.13 Å². The number of aromatic nitrogens is 3. The van der Waals surface area contributed by atoms with Crippen LogP contribution in [0.15, 0.2) is 13.8 Å². The Morgan fingerprint density at radius 1 is 1.37 bits per heavy atom. The number of amides is 1. The first-order valence-electron chi connectivity index (χ1n) is 9.11. The quantitative estimate of drug-likeness (QED) is 0.339. The topological polar surface area (TPSA) is 145 Å². The van der Waals surface area contributed by atoms with Crippen molar-refractivity contribution in [3.63, 3.8) is 0 Å². The number of rotatable bonds is 8. The van der Waals surface area contributed by atoms with E-state index >= 15 is 0 Å². The highest BCUT2D eigenvalue weighted by molar-refractivity contribution is 8.01. The average Bonchev–Trinajstić information content (AvgIpc) is 3.41. The Kier molecular flexibility index (Phi) is 7.10. The van der Waals surface area contributed by atoms with E-state index in [1.807, 2.05) is 0 Å². The molecule has 0 aliphatic carbocycles. The number of ether oxygens (including phenoxy) is 1. The van der Waals surface area contributed by atoms with E-state index in [0.717, 1.165) is 23.1 Å². The van der Waals surface area contributed by atoms with Crippen molar-refractivity contribution in [2.75, 3.05) is 24.2 Å². The number of aryl methyl sites for hydroxylation is 2. The zero-order valence-electron chi connectivity index (χ0n) is 16.6. The normalized spacial score (nSPS) is 17.2. The van der Waals surface area contributed by atoms with E-state index in [4.69, 9.17) is 9.26 Å². The van der Waals surface area contributed by atoms with Crippen LogP contribution >= 0.6 is 23.1 Å². The van der Waals surface area contributed by atoms with Crippen molar-refractivity contribution in [1.82, 2.24) is 19.7 Å². The van der Waals surface area contributed by atoms with E-state index in [1.165, 1.54) is 11.2 Å². The highest BCUT2D eigenvalue weighted by atomic mass is 32.2. The fourth-order valence-corrected chi connectivity index (χ4v) is 6.58. The van der Waals surface area contributed by atoms with Crippen LogP contribution in [0.5, 0.6) is 0 Å². The van der Waals surface area contributed by atoms with Crippen molar-refractivity contribution in [1.29, 1.82) is 0 Å². The molecule has 0 aromatic carbocycles. The summed E-state index contributed by atoms with van der Waals surface area (Å²) in [6.07, 6.45) is 0.940. The van der Waals surface area contributed by atoms with Gasteiger partial charge in [-0.2, -0.15) is 4.31 Å². The summed E-state index contributed by atoms with van der Waals surface area (Å²) >= 11 is 2.25. The maximum absolute atomic E-state index is 13.1. The molecular formula is C16H21N5O6S3. The van der Waals surface area contributed by atoms with Crippen molar-refractivity contribution in [2.45, 2.75) is 48.9 Å². The summed E-state index contributed by atoms with van der Waals surface area (Å²) in [5.74, 6) is -0.580. The number of esters is 1. The van der Waals surface area contributed by atoms with E-state index < -0.39 is 22.0 Å². The second kappa shape index (κ2) is 9.41. The van der Waals surface area contributed by atoms with Gasteiger partial charge >= 0.3 is 5.97 Å². The number of hydrogen-bond donors (Lipinski definition) is 1. The zero-order chi connectivity index (χ0) is 21.9. The van der Waals surface area contributed by atoms with Gasteiger partial charge in [-0.3, -0.25) is 14.9 Å². The van der Waals surface area contributed by atoms with Gasteiger partial charge < -0.3 is 9.26 Å². The third-order valence-corrected chi connectivity index (χ3v) is 8.40. The van der Waals surface area contributed by atoms with E-state index in [0.29, 0.717) is 23.8 Å². The summed E-state index contributed by atoms with van der Waals surface area (Å²) in [5, 5.41) is 14.4. The monoisotopic (exact) mass is 475 g/mol. The van der Waals surface area contributed by atoms with Crippen LogP contribution in [0.2, 0.25) is 0 Å². The summed E-state index contributed by atoms with van der Waals surface area (Å²) in [6, 6.07) is -0.872. The molecule has 1 aliphatic rings. The molecule has 0 saturated carbocycles. The molecule has 0 bridgehead atoms. The predicted molar refractivity (Wildman–Crippen MR) is 109 cm³/mol. The van der Waals surface area contributed by atoms with Crippen molar-refractivity contribution >= 4 is 50.1 Å². The van der Waals surface area contributed by atoms with Gasteiger partial charge in [0.1, 0.15) is 16.6 Å². The number of nitrogens with one attached hydrogen (secondary N) is 1. The SMILES string of the molecule is CCOC(=O)CSc1nnc(NC(=O)C2CCCN2S(=O)(=O)c2c(C)noc2C)s1. The fraction of sp³-hybridized carbons (Fsp3) is 0.562. The van der Waals surface area contributed by atoms with Gasteiger partial charge in [-0.1, -0.05) is 28.3 Å². The molecule has 1 aliphatic heterocycles. The molecule has 1 amide bonds. The molecular weight excluding hydrogens is 454 g/mol. The fourth-order valence-electron chi connectivity index (χ4n) is 3.08. The van der Waals surface area contributed by atoms with Crippen molar-refractivity contribution in [3.8, 4) is 0 Å². The minimum absolute atomic E-state index is 0.00392. The maximum Gasteiger partial charge on any atom is 0.316 e. The molecule has 3 rings (SSSR count). The summed E-state index contributed by atoms with van der Waals surface area (Å²) in [6.45, 7) is 5.31. The molecule has 0 radical (unpaired) electrons. The molecule has 14 heteroatoms. The first kappa shape index (κ1) is 22.7. The lowest BCUT2D eigenvalue weighted by molar-refractivity contribution is -0.139. The van der Waals surface area contributed by atoms with Crippen molar-refractivity contribution < 1.29 is 27.3 Å². The molecule has 1 atom stereocenters. The molecule has 0 spiro atoms. The molecule has 1 saturated heterocycles. The van der Waals surface area contributed by atoms with Crippen LogP contribution in [-0.2, 0) is 24.3 Å². The Balaban J connectivity index is 1.68. The van der Waals surface area contributed by atoms with E-state index in [9.17, 15) is 18.0 Å². The number of nitrogens with zero attached hydrogens (tertiary/aromatic N) is 4. The van der Waals surface area contributed by atoms with E-state index in [1.54, 1.807) is 13.8 Å². The Labute approximate surface area is 181 Å². The van der Waals surface area contributed by atoms with Gasteiger partial charge in [-0.25, -0.2) is 8.42 Å². The maximum atomic E-state index is 13.1. The highest BCUT2D eigenvalue weighted by Crippen LogP contribution is 2.31. The minimum Gasteiger partial charge on any atom is -0.465 e. The third kappa shape index (κ3) is 4.82. The van der Waals surface area contributed by atoms with Gasteiger partial charge in [0.25, 0.3) is 0 Å². The molecule has 11 nitrogen and oxygen atoms in total. The standard InChI is InChI=1S/C16H21N5O6S3/c1-4-26-12(22)8-28-16-19-18-15(29-16)17-14(23)11-6-5-7-21(11)30(24,25)13-9(2)20-27-10(13)3/h11H,4-8H2,1-3H3,(H,17,18,23). The first-order chi connectivity index (χ1) is 14.2. The van der Waals surface area contributed by atoms with Gasteiger partial charge in [0.15, 0.2) is 10.1 Å². The molecule has 3 heterocycles. The molecule has 2 aromatic rings. The molecule has 2 aromatic heterocycles. The lowest BCUT2D eigenvalue weighted by Crippen LogP contribution is -2.43. The average molecular weight is 476 g/mol. The van der Waals surface area contributed by atoms with Crippen LogP contribution in [0, 0.1) is 13.8 Å². The van der Waals surface area contributed by atoms with Crippen LogP contribution in [-0.4, -0.2) is 64.9 Å². The van der Waals surface area contributed by atoms with Gasteiger partial charge in [-0.15, -0.1) is 10.2 Å². The van der Waals surface area contributed by atoms with E-state index in [-0.39, 0.29) is 39.7 Å². The van der Waals surface area contributed by atoms with Crippen molar-refractivity contribution in [3.05, 3.63) is 11.5 Å². The summed E-state index contributed by atoms with van der Waals surface area (Å²) in [4.78, 5) is 24.2. The number of thioether (sulfide) groups is 1. The molecule has 164 valence electrons.